The molecule has 0 aliphatic heterocycles. The van der Waals surface area contributed by atoms with Crippen LogP contribution in [0.2, 0.25) is 0 Å². The van der Waals surface area contributed by atoms with Gasteiger partial charge in [-0.15, -0.1) is 11.3 Å². The van der Waals surface area contributed by atoms with Crippen LogP contribution in [0.4, 0.5) is 0 Å². The molecular formula is C14H21N3OS. The molecule has 104 valence electrons. The van der Waals surface area contributed by atoms with E-state index < -0.39 is 0 Å². The molecule has 4 nitrogen and oxygen atoms in total. The lowest BCUT2D eigenvalue weighted by molar-refractivity contribution is 0.0798. The second kappa shape index (κ2) is 6.84. The molecule has 0 aromatic carbocycles. The Morgan fingerprint density at radius 2 is 2.32 bits per heavy atom. The van der Waals surface area contributed by atoms with Crippen LogP contribution in [0, 0.1) is 0 Å². The van der Waals surface area contributed by atoms with Crippen LogP contribution in [0.15, 0.2) is 29.9 Å². The highest BCUT2D eigenvalue weighted by Crippen LogP contribution is 2.24. The largest absolute Gasteiger partial charge is 0.377 e. The quantitative estimate of drug-likeness (QED) is 0.792. The summed E-state index contributed by atoms with van der Waals surface area (Å²) < 4.78 is 7.63. The Kier molecular flexibility index (Phi) is 5.13. The number of hydrogen-bond donors (Lipinski definition) is 1. The Bertz CT molecular complexity index is 479. The minimum Gasteiger partial charge on any atom is -0.377 e. The van der Waals surface area contributed by atoms with Crippen molar-refractivity contribution in [3.63, 3.8) is 0 Å². The van der Waals surface area contributed by atoms with Gasteiger partial charge in [-0.2, -0.15) is 0 Å². The molecule has 0 bridgehead atoms. The smallest absolute Gasteiger partial charge is 0.131 e. The van der Waals surface area contributed by atoms with E-state index >= 15 is 0 Å². The summed E-state index contributed by atoms with van der Waals surface area (Å²) in [5, 5.41) is 5.62. The first kappa shape index (κ1) is 14.2. The summed E-state index contributed by atoms with van der Waals surface area (Å²) in [4.78, 5) is 5.73. The number of aromatic nitrogens is 2. The second-order valence-corrected chi connectivity index (χ2v) is 5.70. The van der Waals surface area contributed by atoms with Crippen LogP contribution in [0.5, 0.6) is 0 Å². The van der Waals surface area contributed by atoms with Crippen molar-refractivity contribution in [3.05, 3.63) is 40.6 Å². The summed E-state index contributed by atoms with van der Waals surface area (Å²) >= 11 is 1.75. The van der Waals surface area contributed by atoms with Crippen molar-refractivity contribution < 1.29 is 4.74 Å². The van der Waals surface area contributed by atoms with Gasteiger partial charge in [0, 0.05) is 30.9 Å². The number of hydrogen-bond acceptors (Lipinski definition) is 4. The standard InChI is InChI=1S/C14H21N3OS/c1-11(2)18-9-7-15-13(12-5-4-10-19-12)14-16-6-8-17(14)3/h4-6,8,10-11,13,15H,7,9H2,1-3H3. The molecule has 5 heteroatoms. The fourth-order valence-corrected chi connectivity index (χ4v) is 2.72. The van der Waals surface area contributed by atoms with Gasteiger partial charge in [-0.05, 0) is 25.3 Å². The molecule has 0 fully saturated rings. The van der Waals surface area contributed by atoms with E-state index in [2.05, 4.69) is 46.2 Å². The van der Waals surface area contributed by atoms with Crippen molar-refractivity contribution in [3.8, 4) is 0 Å². The van der Waals surface area contributed by atoms with Crippen molar-refractivity contribution in [1.82, 2.24) is 14.9 Å². The lowest BCUT2D eigenvalue weighted by Crippen LogP contribution is -2.28. The van der Waals surface area contributed by atoms with Crippen molar-refractivity contribution in [2.24, 2.45) is 7.05 Å². The highest BCUT2D eigenvalue weighted by molar-refractivity contribution is 7.10. The number of imidazole rings is 1. The summed E-state index contributed by atoms with van der Waals surface area (Å²) in [6.45, 7) is 5.63. The van der Waals surface area contributed by atoms with Gasteiger partial charge < -0.3 is 14.6 Å². The summed E-state index contributed by atoms with van der Waals surface area (Å²) in [7, 11) is 2.02. The van der Waals surface area contributed by atoms with E-state index in [9.17, 15) is 0 Å². The number of nitrogens with zero attached hydrogens (tertiary/aromatic N) is 2. The molecule has 1 atom stereocenters. The molecule has 2 aromatic heterocycles. The van der Waals surface area contributed by atoms with Gasteiger partial charge in [0.05, 0.1) is 12.7 Å². The minimum absolute atomic E-state index is 0.135. The Morgan fingerprint density at radius 1 is 1.47 bits per heavy atom. The van der Waals surface area contributed by atoms with Crippen molar-refractivity contribution in [2.45, 2.75) is 26.0 Å². The Balaban J connectivity index is 2.02. The molecule has 1 unspecified atom stereocenters. The zero-order valence-corrected chi connectivity index (χ0v) is 12.5. The van der Waals surface area contributed by atoms with Crippen LogP contribution >= 0.6 is 11.3 Å². The number of thiophene rings is 1. The van der Waals surface area contributed by atoms with Gasteiger partial charge >= 0.3 is 0 Å². The van der Waals surface area contributed by atoms with E-state index in [1.807, 2.05) is 19.4 Å². The molecule has 0 aliphatic carbocycles. The first-order valence-corrected chi connectivity index (χ1v) is 7.42. The summed E-state index contributed by atoms with van der Waals surface area (Å²) in [6, 6.07) is 4.35. The first-order valence-electron chi connectivity index (χ1n) is 6.54. The predicted molar refractivity (Wildman–Crippen MR) is 78.5 cm³/mol. The van der Waals surface area contributed by atoms with Gasteiger partial charge in [0.2, 0.25) is 0 Å². The Labute approximate surface area is 118 Å². The molecule has 0 amide bonds. The van der Waals surface area contributed by atoms with Gasteiger partial charge in [0.25, 0.3) is 0 Å². The van der Waals surface area contributed by atoms with Crippen LogP contribution in [0.1, 0.15) is 30.6 Å². The van der Waals surface area contributed by atoms with E-state index in [1.54, 1.807) is 11.3 Å². The molecule has 0 saturated carbocycles. The van der Waals surface area contributed by atoms with Crippen LogP contribution in [0.25, 0.3) is 0 Å². The molecule has 2 heterocycles. The molecule has 0 saturated heterocycles. The van der Waals surface area contributed by atoms with E-state index in [0.29, 0.717) is 6.61 Å². The maximum absolute atomic E-state index is 5.57. The minimum atomic E-state index is 0.135. The van der Waals surface area contributed by atoms with Crippen LogP contribution in [-0.2, 0) is 11.8 Å². The summed E-state index contributed by atoms with van der Waals surface area (Å²) in [5.74, 6) is 1.03. The average molecular weight is 279 g/mol. The van der Waals surface area contributed by atoms with Gasteiger partial charge in [-0.3, -0.25) is 0 Å². The maximum atomic E-state index is 5.57. The van der Waals surface area contributed by atoms with E-state index in [-0.39, 0.29) is 12.1 Å². The lowest BCUT2D eigenvalue weighted by Gasteiger charge is -2.18. The van der Waals surface area contributed by atoms with Crippen molar-refractivity contribution in [1.29, 1.82) is 0 Å². The highest BCUT2D eigenvalue weighted by atomic mass is 32.1. The Morgan fingerprint density at radius 3 is 2.89 bits per heavy atom. The van der Waals surface area contributed by atoms with Crippen molar-refractivity contribution >= 4 is 11.3 Å². The molecule has 1 N–H and O–H groups in total. The van der Waals surface area contributed by atoms with E-state index in [0.717, 1.165) is 12.4 Å². The molecule has 19 heavy (non-hydrogen) atoms. The fraction of sp³-hybridized carbons (Fsp3) is 0.500. The van der Waals surface area contributed by atoms with Crippen LogP contribution in [0.3, 0.4) is 0 Å². The zero-order chi connectivity index (χ0) is 13.7. The van der Waals surface area contributed by atoms with Gasteiger partial charge in [-0.25, -0.2) is 4.98 Å². The van der Waals surface area contributed by atoms with Crippen molar-refractivity contribution in [2.75, 3.05) is 13.2 Å². The highest BCUT2D eigenvalue weighted by Gasteiger charge is 2.18. The third kappa shape index (κ3) is 3.89. The second-order valence-electron chi connectivity index (χ2n) is 4.72. The third-order valence-corrected chi connectivity index (χ3v) is 3.78. The SMILES string of the molecule is CC(C)OCCNC(c1cccs1)c1nccn1C. The fourth-order valence-electron chi connectivity index (χ4n) is 1.93. The van der Waals surface area contributed by atoms with Crippen LogP contribution < -0.4 is 5.32 Å². The van der Waals surface area contributed by atoms with E-state index in [1.165, 1.54) is 4.88 Å². The van der Waals surface area contributed by atoms with E-state index in [4.69, 9.17) is 4.74 Å². The zero-order valence-electron chi connectivity index (χ0n) is 11.7. The average Bonchev–Trinajstić information content (AvgIpc) is 3.01. The van der Waals surface area contributed by atoms with Gasteiger partial charge in [-0.1, -0.05) is 6.07 Å². The normalized spacial score (nSPS) is 13.1. The van der Waals surface area contributed by atoms with Crippen LogP contribution in [-0.4, -0.2) is 28.8 Å². The molecule has 0 spiro atoms. The number of nitrogens with one attached hydrogen (secondary N) is 1. The number of ether oxygens (including phenoxy) is 1. The first-order chi connectivity index (χ1) is 9.18. The number of rotatable bonds is 7. The molecule has 0 radical (unpaired) electrons. The maximum Gasteiger partial charge on any atom is 0.131 e. The number of aryl methyl sites for hydroxylation is 1. The third-order valence-electron chi connectivity index (χ3n) is 2.85. The molecule has 0 aliphatic rings. The molecule has 2 aromatic rings. The summed E-state index contributed by atoms with van der Waals surface area (Å²) in [5.41, 5.74) is 0. The molecular weight excluding hydrogens is 258 g/mol. The topological polar surface area (TPSA) is 39.1 Å². The lowest BCUT2D eigenvalue weighted by atomic mass is 10.2. The Hall–Kier alpha value is -1.17. The monoisotopic (exact) mass is 279 g/mol. The molecule has 2 rings (SSSR count). The van der Waals surface area contributed by atoms with Gasteiger partial charge in [0.15, 0.2) is 0 Å². The van der Waals surface area contributed by atoms with Gasteiger partial charge in [0.1, 0.15) is 11.9 Å². The predicted octanol–water partition coefficient (Wildman–Crippen LogP) is 2.59. The summed E-state index contributed by atoms with van der Waals surface area (Å²) in [6.07, 6.45) is 4.08.